The summed E-state index contributed by atoms with van der Waals surface area (Å²) in [5.74, 6) is 2.00. The minimum atomic E-state index is -0.290. The van der Waals surface area contributed by atoms with E-state index in [-0.39, 0.29) is 18.6 Å². The van der Waals surface area contributed by atoms with E-state index in [1.54, 1.807) is 0 Å². The first-order chi connectivity index (χ1) is 16.9. The average molecular weight is 492 g/mol. The molecule has 6 nitrogen and oxygen atoms in total. The molecule has 3 aromatic carbocycles. The number of imidazole rings is 1. The first-order valence-electron chi connectivity index (χ1n) is 11.7. The maximum Gasteiger partial charge on any atom is 0.258 e. The second kappa shape index (κ2) is 11.3. The van der Waals surface area contributed by atoms with Gasteiger partial charge in [-0.25, -0.2) is 4.98 Å². The molecule has 0 spiro atoms. The van der Waals surface area contributed by atoms with Crippen molar-refractivity contribution in [3.63, 3.8) is 0 Å². The number of carbonyl (C=O) groups excluding carboxylic acids is 1. The molecule has 0 aliphatic heterocycles. The second-order valence-electron chi connectivity index (χ2n) is 8.59. The summed E-state index contributed by atoms with van der Waals surface area (Å²) in [7, 11) is 0. The van der Waals surface area contributed by atoms with Gasteiger partial charge in [0.15, 0.2) is 6.61 Å². The highest BCUT2D eigenvalue weighted by Crippen LogP contribution is 2.24. The molecule has 4 rings (SSSR count). The molecule has 1 aromatic heterocycles. The maximum atomic E-state index is 12.7. The van der Waals surface area contributed by atoms with Crippen molar-refractivity contribution in [1.29, 1.82) is 0 Å². The monoisotopic (exact) mass is 491 g/mol. The van der Waals surface area contributed by atoms with Gasteiger partial charge in [0.05, 0.1) is 28.7 Å². The topological polar surface area (TPSA) is 65.4 Å². The normalized spacial score (nSPS) is 11.9. The van der Waals surface area contributed by atoms with Crippen molar-refractivity contribution in [2.45, 2.75) is 39.8 Å². The Morgan fingerprint density at radius 3 is 2.63 bits per heavy atom. The Bertz CT molecular complexity index is 1320. The van der Waals surface area contributed by atoms with E-state index in [2.05, 4.69) is 9.88 Å². The van der Waals surface area contributed by atoms with E-state index in [4.69, 9.17) is 26.1 Å². The van der Waals surface area contributed by atoms with Gasteiger partial charge in [0.25, 0.3) is 5.91 Å². The zero-order chi connectivity index (χ0) is 24.8. The molecule has 1 heterocycles. The van der Waals surface area contributed by atoms with Gasteiger partial charge in [-0.15, -0.1) is 0 Å². The van der Waals surface area contributed by atoms with Gasteiger partial charge >= 0.3 is 0 Å². The van der Waals surface area contributed by atoms with Gasteiger partial charge in [-0.2, -0.15) is 0 Å². The first kappa shape index (κ1) is 24.6. The van der Waals surface area contributed by atoms with Crippen molar-refractivity contribution in [2.24, 2.45) is 0 Å². The van der Waals surface area contributed by atoms with Crippen molar-refractivity contribution < 1.29 is 14.3 Å². The van der Waals surface area contributed by atoms with Crippen LogP contribution in [0.4, 0.5) is 0 Å². The maximum absolute atomic E-state index is 12.7. The number of carbonyl (C=O) groups is 1. The van der Waals surface area contributed by atoms with Gasteiger partial charge in [-0.05, 0) is 68.7 Å². The highest BCUT2D eigenvalue weighted by atomic mass is 35.5. The molecule has 7 heteroatoms. The molecule has 0 bridgehead atoms. The minimum Gasteiger partial charge on any atom is -0.492 e. The van der Waals surface area contributed by atoms with Crippen LogP contribution in [0.1, 0.15) is 36.3 Å². The lowest BCUT2D eigenvalue weighted by atomic mass is 10.1. The van der Waals surface area contributed by atoms with E-state index < -0.39 is 0 Å². The van der Waals surface area contributed by atoms with Crippen LogP contribution < -0.4 is 14.8 Å². The lowest BCUT2D eigenvalue weighted by Crippen LogP contribution is -2.32. The smallest absolute Gasteiger partial charge is 0.258 e. The van der Waals surface area contributed by atoms with E-state index in [1.165, 1.54) is 0 Å². The van der Waals surface area contributed by atoms with E-state index in [1.807, 2.05) is 87.5 Å². The van der Waals surface area contributed by atoms with E-state index in [9.17, 15) is 4.79 Å². The number of benzene rings is 3. The summed E-state index contributed by atoms with van der Waals surface area (Å²) in [6.07, 6.45) is 0.759. The fourth-order valence-corrected chi connectivity index (χ4v) is 4.17. The molecule has 0 radical (unpaired) electrons. The number of nitrogens with zero attached hydrogens (tertiary/aromatic N) is 2. The molecule has 1 unspecified atom stereocenters. The standard InChI is InChI=1S/C28H30ClN3O3/c1-19-13-14-20(2)26(17-19)35-18-27(33)30-21(3)28-31-23-10-5-6-11-24(23)32(28)15-8-16-34-25-12-7-4-9-22(25)29/h4-7,9-14,17,21H,8,15-16,18H2,1-3H3,(H,30,33). The van der Waals surface area contributed by atoms with Gasteiger partial charge in [-0.1, -0.05) is 48.0 Å². The molecule has 35 heavy (non-hydrogen) atoms. The summed E-state index contributed by atoms with van der Waals surface area (Å²) in [6.45, 7) is 7.06. The van der Waals surface area contributed by atoms with Crippen LogP contribution in [0.3, 0.4) is 0 Å². The van der Waals surface area contributed by atoms with E-state index in [0.717, 1.165) is 40.2 Å². The molecule has 0 saturated heterocycles. The van der Waals surface area contributed by atoms with Gasteiger partial charge < -0.3 is 19.4 Å². The third kappa shape index (κ3) is 6.14. The number of hydrogen-bond donors (Lipinski definition) is 1. The quantitative estimate of drug-likeness (QED) is 0.275. The molecule has 182 valence electrons. The Kier molecular flexibility index (Phi) is 7.93. The molecule has 4 aromatic rings. The van der Waals surface area contributed by atoms with E-state index >= 15 is 0 Å². The summed E-state index contributed by atoms with van der Waals surface area (Å²) in [4.78, 5) is 17.5. The lowest BCUT2D eigenvalue weighted by molar-refractivity contribution is -0.123. The van der Waals surface area contributed by atoms with Crippen molar-refractivity contribution in [3.05, 3.63) is 88.7 Å². The van der Waals surface area contributed by atoms with Gasteiger partial charge in [-0.3, -0.25) is 4.79 Å². The summed E-state index contributed by atoms with van der Waals surface area (Å²) in [5, 5.41) is 3.63. The van der Waals surface area contributed by atoms with Crippen LogP contribution in [0.15, 0.2) is 66.7 Å². The number of ether oxygens (including phenoxy) is 2. The Morgan fingerprint density at radius 1 is 1.03 bits per heavy atom. The number of rotatable bonds is 10. The first-order valence-corrected chi connectivity index (χ1v) is 12.1. The number of nitrogens with one attached hydrogen (secondary N) is 1. The summed E-state index contributed by atoms with van der Waals surface area (Å²) >= 11 is 6.19. The molecule has 0 aliphatic carbocycles. The zero-order valence-electron chi connectivity index (χ0n) is 20.3. The van der Waals surface area contributed by atoms with Crippen LogP contribution in [0.2, 0.25) is 5.02 Å². The second-order valence-corrected chi connectivity index (χ2v) is 9.00. The van der Waals surface area contributed by atoms with Crippen molar-refractivity contribution >= 4 is 28.5 Å². The third-order valence-corrected chi connectivity index (χ3v) is 6.08. The summed E-state index contributed by atoms with van der Waals surface area (Å²) in [6, 6.07) is 21.1. The largest absolute Gasteiger partial charge is 0.492 e. The Labute approximate surface area is 210 Å². The molecule has 0 saturated carbocycles. The zero-order valence-corrected chi connectivity index (χ0v) is 21.0. The van der Waals surface area contributed by atoms with Gasteiger partial charge in [0.1, 0.15) is 17.3 Å². The van der Waals surface area contributed by atoms with Crippen LogP contribution in [-0.2, 0) is 11.3 Å². The summed E-state index contributed by atoms with van der Waals surface area (Å²) < 4.78 is 13.8. The molecule has 0 aliphatic rings. The number of aromatic nitrogens is 2. The number of aryl methyl sites for hydroxylation is 3. The minimum absolute atomic E-state index is 0.0550. The SMILES string of the molecule is Cc1ccc(C)c(OCC(=O)NC(C)c2nc3ccccc3n2CCCOc2ccccc2Cl)c1. The van der Waals surface area contributed by atoms with Crippen LogP contribution >= 0.6 is 11.6 Å². The molecule has 1 amide bonds. The number of amides is 1. The Hall–Kier alpha value is -3.51. The predicted molar refractivity (Wildman–Crippen MR) is 139 cm³/mol. The highest BCUT2D eigenvalue weighted by molar-refractivity contribution is 6.32. The molecular formula is C28H30ClN3O3. The number of fused-ring (bicyclic) bond motifs is 1. The van der Waals surface area contributed by atoms with Crippen molar-refractivity contribution in [1.82, 2.24) is 14.9 Å². The number of hydrogen-bond acceptors (Lipinski definition) is 4. The third-order valence-electron chi connectivity index (χ3n) is 5.77. The fraction of sp³-hybridized carbons (Fsp3) is 0.286. The Morgan fingerprint density at radius 2 is 1.80 bits per heavy atom. The average Bonchev–Trinajstić information content (AvgIpc) is 3.22. The van der Waals surface area contributed by atoms with Crippen LogP contribution in [-0.4, -0.2) is 28.7 Å². The molecule has 1 atom stereocenters. The van der Waals surface area contributed by atoms with Gasteiger partial charge in [0.2, 0.25) is 0 Å². The summed E-state index contributed by atoms with van der Waals surface area (Å²) in [5.41, 5.74) is 4.00. The number of halogens is 1. The van der Waals surface area contributed by atoms with Gasteiger partial charge in [0, 0.05) is 6.54 Å². The molecule has 1 N–H and O–H groups in total. The van der Waals surface area contributed by atoms with Crippen LogP contribution in [0.5, 0.6) is 11.5 Å². The van der Waals surface area contributed by atoms with Crippen LogP contribution in [0.25, 0.3) is 11.0 Å². The predicted octanol–water partition coefficient (Wildman–Crippen LogP) is 6.03. The number of para-hydroxylation sites is 3. The van der Waals surface area contributed by atoms with Crippen molar-refractivity contribution in [3.8, 4) is 11.5 Å². The van der Waals surface area contributed by atoms with Crippen molar-refractivity contribution in [2.75, 3.05) is 13.2 Å². The molecular weight excluding hydrogens is 462 g/mol. The lowest BCUT2D eigenvalue weighted by Gasteiger charge is -2.17. The fourth-order valence-electron chi connectivity index (χ4n) is 3.98. The van der Waals surface area contributed by atoms with E-state index in [0.29, 0.717) is 23.9 Å². The highest BCUT2D eigenvalue weighted by Gasteiger charge is 2.19. The Balaban J connectivity index is 1.41. The van der Waals surface area contributed by atoms with Crippen LogP contribution in [0, 0.1) is 13.8 Å². The molecule has 0 fully saturated rings.